The van der Waals surface area contributed by atoms with Crippen molar-refractivity contribution in [2.75, 3.05) is 45.8 Å². The first-order valence-electron chi connectivity index (χ1n) is 7.98. The van der Waals surface area contributed by atoms with E-state index in [2.05, 4.69) is 35.9 Å². The zero-order chi connectivity index (χ0) is 13.2. The van der Waals surface area contributed by atoms with Crippen LogP contribution in [0.1, 0.15) is 46.5 Å². The molecule has 1 aliphatic heterocycles. The van der Waals surface area contributed by atoms with Gasteiger partial charge in [-0.1, -0.05) is 27.2 Å². The fourth-order valence-electron chi connectivity index (χ4n) is 2.82. The summed E-state index contributed by atoms with van der Waals surface area (Å²) in [5.74, 6) is 0. The maximum Gasteiger partial charge on any atom is 0.0195 e. The third kappa shape index (κ3) is 6.17. The number of rotatable bonds is 9. The quantitative estimate of drug-likeness (QED) is 0.681. The van der Waals surface area contributed by atoms with Crippen LogP contribution in [0.5, 0.6) is 0 Å². The lowest BCUT2D eigenvalue weighted by atomic mass is 10.0. The largest absolute Gasteiger partial charge is 0.313 e. The van der Waals surface area contributed by atoms with Crippen molar-refractivity contribution < 1.29 is 0 Å². The van der Waals surface area contributed by atoms with Crippen LogP contribution in [0.15, 0.2) is 0 Å². The smallest absolute Gasteiger partial charge is 0.0195 e. The second-order valence-electron chi connectivity index (χ2n) is 5.47. The first kappa shape index (κ1) is 15.9. The Morgan fingerprint density at radius 3 is 2.22 bits per heavy atom. The number of hydrogen-bond acceptors (Lipinski definition) is 3. The fraction of sp³-hybridized carbons (Fsp3) is 1.00. The highest BCUT2D eigenvalue weighted by molar-refractivity contribution is 4.76. The molecule has 0 saturated carbocycles. The van der Waals surface area contributed by atoms with Crippen molar-refractivity contribution in [2.45, 2.75) is 52.5 Å². The van der Waals surface area contributed by atoms with Crippen molar-refractivity contribution in [1.29, 1.82) is 0 Å². The molecule has 1 fully saturated rings. The van der Waals surface area contributed by atoms with Gasteiger partial charge in [-0.3, -0.25) is 0 Å². The number of piperidine rings is 1. The van der Waals surface area contributed by atoms with Crippen molar-refractivity contribution in [3.05, 3.63) is 0 Å². The molecule has 1 atom stereocenters. The lowest BCUT2D eigenvalue weighted by Gasteiger charge is -2.31. The maximum atomic E-state index is 3.67. The molecule has 3 nitrogen and oxygen atoms in total. The molecule has 1 N–H and O–H groups in total. The summed E-state index contributed by atoms with van der Waals surface area (Å²) < 4.78 is 0. The van der Waals surface area contributed by atoms with E-state index in [0.717, 1.165) is 6.04 Å². The van der Waals surface area contributed by atoms with Gasteiger partial charge in [0.1, 0.15) is 0 Å². The third-order valence-corrected chi connectivity index (χ3v) is 4.06. The van der Waals surface area contributed by atoms with Gasteiger partial charge in [0.2, 0.25) is 0 Å². The van der Waals surface area contributed by atoms with Crippen molar-refractivity contribution >= 4 is 0 Å². The molecule has 0 spiro atoms. The van der Waals surface area contributed by atoms with E-state index in [1.807, 2.05) is 0 Å². The topological polar surface area (TPSA) is 18.5 Å². The predicted octanol–water partition coefficient (Wildman–Crippen LogP) is 2.18. The summed E-state index contributed by atoms with van der Waals surface area (Å²) >= 11 is 0. The Balaban J connectivity index is 2.28. The lowest BCUT2D eigenvalue weighted by molar-refractivity contribution is 0.189. The van der Waals surface area contributed by atoms with Gasteiger partial charge in [-0.2, -0.15) is 0 Å². The van der Waals surface area contributed by atoms with Crippen LogP contribution < -0.4 is 5.32 Å². The molecule has 1 aliphatic rings. The summed E-state index contributed by atoms with van der Waals surface area (Å²) in [7, 11) is 0. The minimum absolute atomic E-state index is 0.738. The van der Waals surface area contributed by atoms with Crippen LogP contribution in [0.4, 0.5) is 0 Å². The van der Waals surface area contributed by atoms with Crippen LogP contribution in [0.25, 0.3) is 0 Å². The zero-order valence-corrected chi connectivity index (χ0v) is 12.7. The Hall–Kier alpha value is -0.120. The molecule has 0 aromatic carbocycles. The van der Waals surface area contributed by atoms with Gasteiger partial charge in [0.15, 0.2) is 0 Å². The van der Waals surface area contributed by atoms with Crippen molar-refractivity contribution in [3.63, 3.8) is 0 Å². The monoisotopic (exact) mass is 255 g/mol. The van der Waals surface area contributed by atoms with Gasteiger partial charge >= 0.3 is 0 Å². The van der Waals surface area contributed by atoms with Crippen molar-refractivity contribution in [3.8, 4) is 0 Å². The van der Waals surface area contributed by atoms with Gasteiger partial charge in [0.25, 0.3) is 0 Å². The van der Waals surface area contributed by atoms with E-state index < -0.39 is 0 Å². The zero-order valence-electron chi connectivity index (χ0n) is 12.7. The molecule has 1 rings (SSSR count). The molecule has 3 heteroatoms. The number of nitrogens with zero attached hydrogens (tertiary/aromatic N) is 2. The van der Waals surface area contributed by atoms with Gasteiger partial charge in [0, 0.05) is 25.7 Å². The Labute approximate surface area is 114 Å². The normalized spacial score (nSPS) is 20.8. The molecule has 1 heterocycles. The Kier molecular flexibility index (Phi) is 8.64. The van der Waals surface area contributed by atoms with E-state index in [0.29, 0.717) is 0 Å². The predicted molar refractivity (Wildman–Crippen MR) is 80.2 cm³/mol. The molecule has 0 amide bonds. The van der Waals surface area contributed by atoms with Crippen LogP contribution in [-0.4, -0.2) is 61.7 Å². The highest BCUT2D eigenvalue weighted by atomic mass is 15.2. The summed E-state index contributed by atoms with van der Waals surface area (Å²) in [5, 5.41) is 3.67. The van der Waals surface area contributed by atoms with Gasteiger partial charge in [-0.15, -0.1) is 0 Å². The first-order chi connectivity index (χ1) is 8.80. The molecule has 0 bridgehead atoms. The molecule has 1 saturated heterocycles. The highest BCUT2D eigenvalue weighted by Gasteiger charge is 2.16. The second kappa shape index (κ2) is 9.76. The van der Waals surface area contributed by atoms with Gasteiger partial charge in [0.05, 0.1) is 0 Å². The maximum absolute atomic E-state index is 3.67. The first-order valence-corrected chi connectivity index (χ1v) is 7.98. The van der Waals surface area contributed by atoms with Crippen LogP contribution in [0.2, 0.25) is 0 Å². The minimum atomic E-state index is 0.738. The molecule has 108 valence electrons. The molecular formula is C15H33N3. The van der Waals surface area contributed by atoms with Crippen molar-refractivity contribution in [1.82, 2.24) is 15.1 Å². The summed E-state index contributed by atoms with van der Waals surface area (Å²) in [6.45, 7) is 15.3. The molecule has 0 aliphatic carbocycles. The molecule has 18 heavy (non-hydrogen) atoms. The number of nitrogens with one attached hydrogen (secondary N) is 1. The SMILES string of the molecule is CCCN(CCN(CC)CC)CC1CCCCN1. The summed E-state index contributed by atoms with van der Waals surface area (Å²) in [4.78, 5) is 5.18. The van der Waals surface area contributed by atoms with Crippen LogP contribution in [0, 0.1) is 0 Å². The third-order valence-electron chi connectivity index (χ3n) is 4.06. The van der Waals surface area contributed by atoms with Crippen LogP contribution >= 0.6 is 0 Å². The summed E-state index contributed by atoms with van der Waals surface area (Å²) in [6.07, 6.45) is 5.41. The van der Waals surface area contributed by atoms with Crippen molar-refractivity contribution in [2.24, 2.45) is 0 Å². The van der Waals surface area contributed by atoms with E-state index in [1.165, 1.54) is 71.5 Å². The highest BCUT2D eigenvalue weighted by Crippen LogP contribution is 2.09. The minimum Gasteiger partial charge on any atom is -0.313 e. The van der Waals surface area contributed by atoms with E-state index in [-0.39, 0.29) is 0 Å². The molecule has 0 radical (unpaired) electrons. The molecule has 0 aromatic rings. The summed E-state index contributed by atoms with van der Waals surface area (Å²) in [5.41, 5.74) is 0. The van der Waals surface area contributed by atoms with Crippen LogP contribution in [0.3, 0.4) is 0 Å². The van der Waals surface area contributed by atoms with Gasteiger partial charge in [-0.25, -0.2) is 0 Å². The van der Waals surface area contributed by atoms with E-state index in [9.17, 15) is 0 Å². The second-order valence-corrected chi connectivity index (χ2v) is 5.47. The van der Waals surface area contributed by atoms with Gasteiger partial charge < -0.3 is 15.1 Å². The Morgan fingerprint density at radius 1 is 0.944 bits per heavy atom. The van der Waals surface area contributed by atoms with Crippen LogP contribution in [-0.2, 0) is 0 Å². The molecule has 1 unspecified atom stereocenters. The number of likely N-dealkylation sites (N-methyl/N-ethyl adjacent to an activating group) is 1. The Bertz CT molecular complexity index is 186. The average Bonchev–Trinajstić information content (AvgIpc) is 2.41. The fourth-order valence-corrected chi connectivity index (χ4v) is 2.82. The van der Waals surface area contributed by atoms with E-state index in [1.54, 1.807) is 0 Å². The lowest BCUT2D eigenvalue weighted by Crippen LogP contribution is -2.46. The van der Waals surface area contributed by atoms with Gasteiger partial charge in [-0.05, 0) is 45.4 Å². The molecule has 0 aromatic heterocycles. The molecular weight excluding hydrogens is 222 g/mol. The Morgan fingerprint density at radius 2 is 1.67 bits per heavy atom. The average molecular weight is 255 g/mol. The van der Waals surface area contributed by atoms with E-state index in [4.69, 9.17) is 0 Å². The summed E-state index contributed by atoms with van der Waals surface area (Å²) in [6, 6.07) is 0.738. The van der Waals surface area contributed by atoms with E-state index >= 15 is 0 Å². The standard InChI is InChI=1S/C15H33N3/c1-4-11-18(13-12-17(5-2)6-3)14-15-9-7-8-10-16-15/h15-16H,4-14H2,1-3H3. The number of hydrogen-bond donors (Lipinski definition) is 1.